The van der Waals surface area contributed by atoms with Gasteiger partial charge in [-0.2, -0.15) is 0 Å². The number of nitrogens with one attached hydrogen (secondary N) is 4. The average molecular weight is 429 g/mol. The van der Waals surface area contributed by atoms with Gasteiger partial charge in [0.1, 0.15) is 11.5 Å². The van der Waals surface area contributed by atoms with E-state index in [0.717, 1.165) is 55.1 Å². The molecule has 0 saturated heterocycles. The number of carbonyl (C=O) groups is 2. The molecule has 0 aliphatic carbocycles. The number of hydrogen-bond acceptors (Lipinski definition) is 5. The number of hydrogen-bond donors (Lipinski definition) is 4. The van der Waals surface area contributed by atoms with Crippen molar-refractivity contribution >= 4 is 23.3 Å². The van der Waals surface area contributed by atoms with Crippen LogP contribution in [0.1, 0.15) is 25.7 Å². The number of carbonyl (C=O) groups excluding carboxylic acids is 2. The topological polar surface area (TPSA) is 101 Å². The number of ether oxygens (including phenoxy) is 2. The normalized spacial score (nSPS) is 10.3. The van der Waals surface area contributed by atoms with Crippen molar-refractivity contribution in [2.45, 2.75) is 25.7 Å². The van der Waals surface area contributed by atoms with Crippen LogP contribution < -0.4 is 30.7 Å². The van der Waals surface area contributed by atoms with Crippen LogP contribution in [0.3, 0.4) is 0 Å². The third-order valence-electron chi connectivity index (χ3n) is 4.57. The summed E-state index contributed by atoms with van der Waals surface area (Å²) in [6, 6.07) is 14.2. The Bertz CT molecular complexity index is 727. The molecule has 0 heterocycles. The second-order valence-electron chi connectivity index (χ2n) is 6.98. The van der Waals surface area contributed by atoms with E-state index >= 15 is 0 Å². The van der Waals surface area contributed by atoms with Crippen molar-refractivity contribution < 1.29 is 19.1 Å². The van der Waals surface area contributed by atoms with Crippen molar-refractivity contribution in [2.75, 3.05) is 44.5 Å². The first-order chi connectivity index (χ1) is 15.1. The third-order valence-corrected chi connectivity index (χ3v) is 4.57. The van der Waals surface area contributed by atoms with E-state index in [9.17, 15) is 9.59 Å². The van der Waals surface area contributed by atoms with E-state index < -0.39 is 0 Å². The maximum atomic E-state index is 11.9. The summed E-state index contributed by atoms with van der Waals surface area (Å²) < 4.78 is 10.2. The predicted molar refractivity (Wildman–Crippen MR) is 123 cm³/mol. The van der Waals surface area contributed by atoms with Gasteiger partial charge in [-0.3, -0.25) is 4.79 Å². The van der Waals surface area contributed by atoms with Crippen molar-refractivity contribution in [3.05, 3.63) is 48.5 Å². The van der Waals surface area contributed by atoms with Gasteiger partial charge in [-0.05, 0) is 67.9 Å². The zero-order valence-electron chi connectivity index (χ0n) is 18.2. The van der Waals surface area contributed by atoms with Crippen molar-refractivity contribution in [3.63, 3.8) is 0 Å². The maximum Gasteiger partial charge on any atom is 0.319 e. The minimum absolute atomic E-state index is 0.0720. The predicted octanol–water partition coefficient (Wildman–Crippen LogP) is 3.61. The lowest BCUT2D eigenvalue weighted by Gasteiger charge is -2.09. The zero-order chi connectivity index (χ0) is 22.3. The highest BCUT2D eigenvalue weighted by molar-refractivity contribution is 5.92. The van der Waals surface area contributed by atoms with Gasteiger partial charge >= 0.3 is 6.03 Å². The van der Waals surface area contributed by atoms with Crippen molar-refractivity contribution in [3.8, 4) is 11.5 Å². The van der Waals surface area contributed by atoms with Gasteiger partial charge < -0.3 is 30.7 Å². The average Bonchev–Trinajstić information content (AvgIpc) is 2.79. The van der Waals surface area contributed by atoms with Gasteiger partial charge in [-0.25, -0.2) is 4.79 Å². The van der Waals surface area contributed by atoms with Crippen LogP contribution in [0.2, 0.25) is 0 Å². The van der Waals surface area contributed by atoms with E-state index in [1.807, 2.05) is 12.1 Å². The van der Waals surface area contributed by atoms with Crippen molar-refractivity contribution in [1.29, 1.82) is 0 Å². The summed E-state index contributed by atoms with van der Waals surface area (Å²) in [4.78, 5) is 23.8. The second-order valence-corrected chi connectivity index (χ2v) is 6.98. The summed E-state index contributed by atoms with van der Waals surface area (Å²) in [5.41, 5.74) is 1.47. The SMILES string of the molecule is COc1ccc(NC(=O)CNCCCCCCNC(=O)Nc2ccc(OC)cc2)cc1. The number of urea groups is 1. The lowest BCUT2D eigenvalue weighted by molar-refractivity contribution is -0.115. The van der Waals surface area contributed by atoms with E-state index in [0.29, 0.717) is 6.54 Å². The molecule has 31 heavy (non-hydrogen) atoms. The minimum atomic E-state index is -0.213. The van der Waals surface area contributed by atoms with Crippen molar-refractivity contribution in [2.24, 2.45) is 0 Å². The molecule has 0 aromatic heterocycles. The maximum absolute atomic E-state index is 11.9. The molecular weight excluding hydrogens is 396 g/mol. The number of rotatable bonds is 13. The lowest BCUT2D eigenvalue weighted by atomic mass is 10.2. The zero-order valence-corrected chi connectivity index (χ0v) is 18.2. The van der Waals surface area contributed by atoms with E-state index in [4.69, 9.17) is 9.47 Å². The Morgan fingerprint density at radius 1 is 0.710 bits per heavy atom. The van der Waals surface area contributed by atoms with E-state index in [2.05, 4.69) is 21.3 Å². The first kappa shape index (κ1) is 24.0. The van der Waals surface area contributed by atoms with Crippen LogP contribution in [0.15, 0.2) is 48.5 Å². The molecule has 8 nitrogen and oxygen atoms in total. The largest absolute Gasteiger partial charge is 0.497 e. The monoisotopic (exact) mass is 428 g/mol. The highest BCUT2D eigenvalue weighted by Gasteiger charge is 2.03. The lowest BCUT2D eigenvalue weighted by Crippen LogP contribution is -2.29. The summed E-state index contributed by atoms with van der Waals surface area (Å²) in [6.45, 7) is 1.68. The van der Waals surface area contributed by atoms with E-state index in [-0.39, 0.29) is 18.5 Å². The van der Waals surface area contributed by atoms with Gasteiger partial charge in [0.25, 0.3) is 0 Å². The van der Waals surface area contributed by atoms with Gasteiger partial charge in [0.15, 0.2) is 0 Å². The van der Waals surface area contributed by atoms with Crippen LogP contribution in [0.25, 0.3) is 0 Å². The molecule has 0 fully saturated rings. The summed E-state index contributed by atoms with van der Waals surface area (Å²) in [5, 5.41) is 11.6. The van der Waals surface area contributed by atoms with Gasteiger partial charge in [-0.15, -0.1) is 0 Å². The van der Waals surface area contributed by atoms with Crippen LogP contribution in [-0.4, -0.2) is 45.8 Å². The fraction of sp³-hybridized carbons (Fsp3) is 0.391. The van der Waals surface area contributed by atoms with Gasteiger partial charge in [0.05, 0.1) is 20.8 Å². The van der Waals surface area contributed by atoms with Gasteiger partial charge in [0, 0.05) is 17.9 Å². The number of unbranched alkanes of at least 4 members (excludes halogenated alkanes) is 3. The first-order valence-corrected chi connectivity index (χ1v) is 10.4. The van der Waals surface area contributed by atoms with Crippen LogP contribution in [-0.2, 0) is 4.79 Å². The quantitative estimate of drug-likeness (QED) is 0.365. The molecule has 2 aromatic carbocycles. The molecule has 4 N–H and O–H groups in total. The van der Waals surface area contributed by atoms with Gasteiger partial charge in [-0.1, -0.05) is 12.8 Å². The van der Waals surface area contributed by atoms with E-state index in [1.165, 1.54) is 0 Å². The fourth-order valence-electron chi connectivity index (χ4n) is 2.86. The summed E-state index contributed by atoms with van der Waals surface area (Å²) in [5.74, 6) is 1.43. The first-order valence-electron chi connectivity index (χ1n) is 10.4. The molecule has 0 unspecified atom stereocenters. The Morgan fingerprint density at radius 2 is 1.23 bits per heavy atom. The molecule has 0 spiro atoms. The summed E-state index contributed by atoms with van der Waals surface area (Å²) >= 11 is 0. The Balaban J connectivity index is 1.44. The Labute approximate surface area is 183 Å². The van der Waals surface area contributed by atoms with Crippen LogP contribution in [0.4, 0.5) is 16.2 Å². The highest BCUT2D eigenvalue weighted by atomic mass is 16.5. The standard InChI is InChI=1S/C23H32N4O4/c1-30-20-11-7-18(8-12-20)26-22(28)17-24-15-5-3-4-6-16-25-23(29)27-19-9-13-21(31-2)14-10-19/h7-14,24H,3-6,15-17H2,1-2H3,(H,26,28)(H2,25,27,29). The number of benzene rings is 2. The molecule has 0 aliphatic rings. The Morgan fingerprint density at radius 3 is 1.77 bits per heavy atom. The Kier molecular flexibility index (Phi) is 10.7. The van der Waals surface area contributed by atoms with Crippen molar-refractivity contribution in [1.82, 2.24) is 10.6 Å². The fourth-order valence-corrected chi connectivity index (χ4v) is 2.86. The minimum Gasteiger partial charge on any atom is -0.497 e. The molecule has 0 radical (unpaired) electrons. The molecule has 3 amide bonds. The summed E-state index contributed by atoms with van der Waals surface area (Å²) in [7, 11) is 3.21. The molecule has 0 aliphatic heterocycles. The van der Waals surface area contributed by atoms with Crippen LogP contribution >= 0.6 is 0 Å². The van der Waals surface area contributed by atoms with Crippen LogP contribution in [0, 0.1) is 0 Å². The Hall–Kier alpha value is -3.26. The van der Waals surface area contributed by atoms with Gasteiger partial charge in [0.2, 0.25) is 5.91 Å². The molecule has 2 rings (SSSR count). The molecule has 0 atom stereocenters. The summed E-state index contributed by atoms with van der Waals surface area (Å²) in [6.07, 6.45) is 3.94. The van der Waals surface area contributed by atoms with E-state index in [1.54, 1.807) is 50.6 Å². The smallest absolute Gasteiger partial charge is 0.319 e. The molecular formula is C23H32N4O4. The molecule has 168 valence electrons. The molecule has 8 heteroatoms. The van der Waals surface area contributed by atoms with Crippen LogP contribution in [0.5, 0.6) is 11.5 Å². The highest BCUT2D eigenvalue weighted by Crippen LogP contribution is 2.15. The second kappa shape index (κ2) is 13.9. The third kappa shape index (κ3) is 9.86. The molecule has 0 saturated carbocycles. The number of anilines is 2. The molecule has 2 aromatic rings. The number of amides is 3. The number of methoxy groups -OCH3 is 2. The molecule has 0 bridgehead atoms.